The van der Waals surface area contributed by atoms with Crippen molar-refractivity contribution in [1.82, 2.24) is 0 Å². The average molecular weight is 176 g/mol. The summed E-state index contributed by atoms with van der Waals surface area (Å²) in [6.45, 7) is 3.13. The van der Waals surface area contributed by atoms with Gasteiger partial charge in [-0.1, -0.05) is 6.92 Å². The molecule has 0 aliphatic rings. The first-order valence-electron chi connectivity index (χ1n) is 3.34. The van der Waals surface area contributed by atoms with E-state index in [1.165, 1.54) is 18.7 Å². The molecule has 1 N–H and O–H groups in total. The number of carboxylic acid groups (broad SMARTS) is 1. The van der Waals surface area contributed by atoms with Crippen LogP contribution in [0.2, 0.25) is 0 Å². The molecule has 1 atom stereocenters. The smallest absolute Gasteiger partial charge is 0.307 e. The van der Waals surface area contributed by atoms with Gasteiger partial charge in [0.05, 0.1) is 11.7 Å². The molecule has 0 aromatic carbocycles. The van der Waals surface area contributed by atoms with Gasteiger partial charge in [0, 0.05) is 5.75 Å². The summed E-state index contributed by atoms with van der Waals surface area (Å²) in [6.07, 6.45) is 0. The van der Waals surface area contributed by atoms with Crippen LogP contribution in [-0.4, -0.2) is 28.4 Å². The zero-order chi connectivity index (χ0) is 8.85. The number of aliphatic carboxylic acids is 1. The van der Waals surface area contributed by atoms with Crippen LogP contribution in [0.5, 0.6) is 0 Å². The molecule has 0 spiro atoms. The third kappa shape index (κ3) is 5.91. The third-order valence-electron chi connectivity index (χ3n) is 1.09. The van der Waals surface area contributed by atoms with E-state index in [-0.39, 0.29) is 11.7 Å². The fraction of sp³-hybridized carbons (Fsp3) is 0.714. The summed E-state index contributed by atoms with van der Waals surface area (Å²) < 4.78 is 0. The van der Waals surface area contributed by atoms with Crippen LogP contribution in [0.15, 0.2) is 0 Å². The summed E-state index contributed by atoms with van der Waals surface area (Å²) in [7, 11) is 0. The van der Waals surface area contributed by atoms with E-state index < -0.39 is 5.97 Å². The number of Topliss-reactive ketones (excluding diaryl/α,β-unsaturated/α-hetero) is 1. The molecule has 0 fully saturated rings. The summed E-state index contributed by atoms with van der Waals surface area (Å²) in [6, 6.07) is 0. The highest BCUT2D eigenvalue weighted by molar-refractivity contribution is 7.99. The Bertz CT molecular complexity index is 156. The molecule has 11 heavy (non-hydrogen) atoms. The van der Waals surface area contributed by atoms with Gasteiger partial charge in [-0.25, -0.2) is 0 Å². The lowest BCUT2D eigenvalue weighted by atomic mass is 10.2. The lowest BCUT2D eigenvalue weighted by Gasteiger charge is -2.02. The number of carbonyl (C=O) groups excluding carboxylic acids is 1. The molecule has 0 heterocycles. The fourth-order valence-electron chi connectivity index (χ4n) is 0.451. The van der Waals surface area contributed by atoms with Crippen molar-refractivity contribution in [3.05, 3.63) is 0 Å². The van der Waals surface area contributed by atoms with Gasteiger partial charge in [0.2, 0.25) is 0 Å². The van der Waals surface area contributed by atoms with Gasteiger partial charge in [0.15, 0.2) is 0 Å². The first-order valence-corrected chi connectivity index (χ1v) is 4.49. The standard InChI is InChI=1S/C7H12O3S/c1-5(7(9)10)3-11-4-6(2)8/h5H,3-4H2,1-2H3,(H,9,10)/t5-/m0/s1. The highest BCUT2D eigenvalue weighted by Gasteiger charge is 2.10. The van der Waals surface area contributed by atoms with Crippen LogP contribution in [0.1, 0.15) is 13.8 Å². The Morgan fingerprint density at radius 2 is 2.09 bits per heavy atom. The number of thioether (sulfide) groups is 1. The van der Waals surface area contributed by atoms with Crippen molar-refractivity contribution >= 4 is 23.5 Å². The molecule has 0 aliphatic carbocycles. The van der Waals surface area contributed by atoms with Gasteiger partial charge >= 0.3 is 5.97 Å². The molecular formula is C7H12O3S. The maximum atomic E-state index is 10.4. The minimum Gasteiger partial charge on any atom is -0.481 e. The average Bonchev–Trinajstić information content (AvgIpc) is 1.86. The van der Waals surface area contributed by atoms with Gasteiger partial charge in [-0.2, -0.15) is 11.8 Å². The number of carbonyl (C=O) groups is 2. The van der Waals surface area contributed by atoms with Crippen LogP contribution >= 0.6 is 11.8 Å². The molecule has 0 saturated heterocycles. The second kappa shape index (κ2) is 5.18. The Morgan fingerprint density at radius 1 is 1.55 bits per heavy atom. The molecule has 3 nitrogen and oxygen atoms in total. The van der Waals surface area contributed by atoms with Crippen LogP contribution in [-0.2, 0) is 9.59 Å². The van der Waals surface area contributed by atoms with Crippen molar-refractivity contribution < 1.29 is 14.7 Å². The minimum absolute atomic E-state index is 0.0904. The van der Waals surface area contributed by atoms with E-state index >= 15 is 0 Å². The van der Waals surface area contributed by atoms with E-state index in [1.807, 2.05) is 0 Å². The van der Waals surface area contributed by atoms with Gasteiger partial charge in [-0.15, -0.1) is 0 Å². The van der Waals surface area contributed by atoms with Crippen molar-refractivity contribution in [2.24, 2.45) is 5.92 Å². The fourth-order valence-corrected chi connectivity index (χ4v) is 1.35. The van der Waals surface area contributed by atoms with E-state index in [1.54, 1.807) is 6.92 Å². The van der Waals surface area contributed by atoms with E-state index in [4.69, 9.17) is 5.11 Å². The summed E-state index contributed by atoms with van der Waals surface area (Å²) in [5.41, 5.74) is 0. The first kappa shape index (κ1) is 10.5. The SMILES string of the molecule is CC(=O)CSC[C@H](C)C(=O)O. The van der Waals surface area contributed by atoms with Crippen LogP contribution in [0.25, 0.3) is 0 Å². The molecule has 0 bridgehead atoms. The number of carboxylic acids is 1. The molecule has 0 amide bonds. The van der Waals surface area contributed by atoms with Gasteiger partial charge in [-0.05, 0) is 6.92 Å². The molecule has 0 unspecified atom stereocenters. The van der Waals surface area contributed by atoms with E-state index in [0.717, 1.165) is 0 Å². The van der Waals surface area contributed by atoms with Crippen molar-refractivity contribution in [3.63, 3.8) is 0 Å². The lowest BCUT2D eigenvalue weighted by molar-refractivity contribution is -0.140. The van der Waals surface area contributed by atoms with Crippen molar-refractivity contribution in [2.75, 3.05) is 11.5 Å². The molecule has 0 aliphatic heterocycles. The monoisotopic (exact) mass is 176 g/mol. The van der Waals surface area contributed by atoms with Gasteiger partial charge in [-0.3, -0.25) is 9.59 Å². The highest BCUT2D eigenvalue weighted by atomic mass is 32.2. The summed E-state index contributed by atoms with van der Waals surface area (Å²) >= 11 is 1.37. The minimum atomic E-state index is -0.805. The molecule has 0 aromatic rings. The van der Waals surface area contributed by atoms with Crippen LogP contribution in [0.4, 0.5) is 0 Å². The van der Waals surface area contributed by atoms with Crippen LogP contribution in [0.3, 0.4) is 0 Å². The third-order valence-corrected chi connectivity index (χ3v) is 2.44. The van der Waals surface area contributed by atoms with Gasteiger partial charge in [0.1, 0.15) is 5.78 Å². The second-order valence-electron chi connectivity index (χ2n) is 2.46. The molecular weight excluding hydrogens is 164 g/mol. The lowest BCUT2D eigenvalue weighted by Crippen LogP contribution is -2.12. The largest absolute Gasteiger partial charge is 0.481 e. The molecule has 4 heteroatoms. The molecule has 0 radical (unpaired) electrons. The van der Waals surface area contributed by atoms with Gasteiger partial charge < -0.3 is 5.11 Å². The van der Waals surface area contributed by atoms with Crippen molar-refractivity contribution in [2.45, 2.75) is 13.8 Å². The van der Waals surface area contributed by atoms with E-state index in [9.17, 15) is 9.59 Å². The molecule has 0 rings (SSSR count). The molecule has 64 valence electrons. The Labute approximate surface area is 70.2 Å². The first-order chi connectivity index (χ1) is 5.04. The normalized spacial score (nSPS) is 12.5. The Morgan fingerprint density at radius 3 is 2.45 bits per heavy atom. The predicted molar refractivity (Wildman–Crippen MR) is 44.8 cm³/mol. The predicted octanol–water partition coefficient (Wildman–Crippen LogP) is 1.03. The summed E-state index contributed by atoms with van der Waals surface area (Å²) in [5, 5.41) is 8.45. The highest BCUT2D eigenvalue weighted by Crippen LogP contribution is 2.07. The number of rotatable bonds is 5. The van der Waals surface area contributed by atoms with E-state index in [0.29, 0.717) is 11.5 Å². The summed E-state index contributed by atoms with van der Waals surface area (Å²) in [5.74, 6) is -0.153. The number of hydrogen-bond acceptors (Lipinski definition) is 3. The molecule has 0 aromatic heterocycles. The van der Waals surface area contributed by atoms with Crippen molar-refractivity contribution in [3.8, 4) is 0 Å². The van der Waals surface area contributed by atoms with E-state index in [2.05, 4.69) is 0 Å². The number of hydrogen-bond donors (Lipinski definition) is 1. The zero-order valence-corrected chi connectivity index (χ0v) is 7.48. The van der Waals surface area contributed by atoms with Crippen LogP contribution < -0.4 is 0 Å². The maximum absolute atomic E-state index is 10.4. The van der Waals surface area contributed by atoms with Crippen molar-refractivity contribution in [1.29, 1.82) is 0 Å². The second-order valence-corrected chi connectivity index (χ2v) is 3.49. The Hall–Kier alpha value is -0.510. The topological polar surface area (TPSA) is 54.4 Å². The molecule has 0 saturated carbocycles. The van der Waals surface area contributed by atoms with Gasteiger partial charge in [0.25, 0.3) is 0 Å². The zero-order valence-electron chi connectivity index (χ0n) is 6.66. The Kier molecular flexibility index (Phi) is 4.94. The summed E-state index contributed by atoms with van der Waals surface area (Å²) in [4.78, 5) is 20.7. The van der Waals surface area contributed by atoms with Crippen LogP contribution in [0, 0.1) is 5.92 Å². The Balaban J connectivity index is 3.39. The quantitative estimate of drug-likeness (QED) is 0.679. The maximum Gasteiger partial charge on any atom is 0.307 e. The number of ketones is 1.